The average Bonchev–Trinajstić information content (AvgIpc) is 3.08. The number of fused-ring (bicyclic) bond motifs is 1. The lowest BCUT2D eigenvalue weighted by molar-refractivity contribution is -0.140. The smallest absolute Gasteiger partial charge is 0.329 e. The summed E-state index contributed by atoms with van der Waals surface area (Å²) in [7, 11) is 0. The van der Waals surface area contributed by atoms with E-state index in [-0.39, 0.29) is 5.78 Å². The molecule has 0 radical (unpaired) electrons. The van der Waals surface area contributed by atoms with Crippen LogP contribution in [0.25, 0.3) is 0 Å². The number of H-pyrrole nitrogens is 1. The number of ketones is 1. The molecule has 1 aromatic rings. The topological polar surface area (TPSA) is 99.3 Å². The summed E-state index contributed by atoms with van der Waals surface area (Å²) < 4.78 is 0. The van der Waals surface area contributed by atoms with E-state index in [1.165, 1.54) is 0 Å². The number of Topliss-reactive ketones (excluding diaryl/α,β-unsaturated/α-hetero) is 1. The highest BCUT2D eigenvalue weighted by atomic mass is 16.4. The second-order valence-corrected chi connectivity index (χ2v) is 5.60. The van der Waals surface area contributed by atoms with E-state index < -0.39 is 17.4 Å². The molecule has 0 aliphatic heterocycles. The summed E-state index contributed by atoms with van der Waals surface area (Å²) >= 11 is 0. The van der Waals surface area contributed by atoms with Crippen LogP contribution in [-0.2, 0) is 11.2 Å². The number of carboxylic acid groups (broad SMARTS) is 1. The zero-order chi connectivity index (χ0) is 14.5. The minimum absolute atomic E-state index is 0.0541. The quantitative estimate of drug-likeness (QED) is 0.772. The molecule has 20 heavy (non-hydrogen) atoms. The van der Waals surface area contributed by atoms with Crippen LogP contribution in [0.15, 0.2) is 0 Å². The SMILES string of the molecule is Cc1c(C(=O)NC2(C(=O)O)CC2)[nH]c2c1C(=O)CCC2. The molecule has 1 heterocycles. The Kier molecular flexibility index (Phi) is 2.70. The van der Waals surface area contributed by atoms with Crippen LogP contribution in [0.2, 0.25) is 0 Å². The Morgan fingerprint density at radius 2 is 2.00 bits per heavy atom. The minimum Gasteiger partial charge on any atom is -0.480 e. The van der Waals surface area contributed by atoms with Gasteiger partial charge in [0.05, 0.1) is 0 Å². The second-order valence-electron chi connectivity index (χ2n) is 5.60. The van der Waals surface area contributed by atoms with Crippen LogP contribution in [0, 0.1) is 6.92 Å². The van der Waals surface area contributed by atoms with Gasteiger partial charge in [-0.25, -0.2) is 4.79 Å². The van der Waals surface area contributed by atoms with Crippen molar-refractivity contribution in [3.8, 4) is 0 Å². The van der Waals surface area contributed by atoms with Gasteiger partial charge in [0.1, 0.15) is 11.2 Å². The fourth-order valence-corrected chi connectivity index (χ4v) is 2.80. The summed E-state index contributed by atoms with van der Waals surface area (Å²) in [6, 6.07) is 0. The summed E-state index contributed by atoms with van der Waals surface area (Å²) in [6.07, 6.45) is 2.94. The summed E-state index contributed by atoms with van der Waals surface area (Å²) in [5.74, 6) is -1.39. The lowest BCUT2D eigenvalue weighted by Gasteiger charge is -2.12. The van der Waals surface area contributed by atoms with Gasteiger partial charge in [0.25, 0.3) is 5.91 Å². The standard InChI is InChI=1S/C14H16N2O4/c1-7-10-8(3-2-4-9(10)17)15-11(7)12(18)16-14(5-6-14)13(19)20/h15H,2-6H2,1H3,(H,16,18)(H,19,20). The second kappa shape index (κ2) is 4.19. The number of nitrogens with one attached hydrogen (secondary N) is 2. The Morgan fingerprint density at radius 1 is 1.30 bits per heavy atom. The number of aromatic amines is 1. The minimum atomic E-state index is -1.11. The van der Waals surface area contributed by atoms with Gasteiger partial charge in [0, 0.05) is 17.7 Å². The predicted octanol–water partition coefficient (Wildman–Crippen LogP) is 1.19. The maximum atomic E-state index is 12.2. The van der Waals surface area contributed by atoms with Crippen molar-refractivity contribution in [3.63, 3.8) is 0 Å². The molecule has 6 heteroatoms. The van der Waals surface area contributed by atoms with Crippen LogP contribution in [0.4, 0.5) is 0 Å². The number of carboxylic acids is 1. The van der Waals surface area contributed by atoms with Crippen LogP contribution < -0.4 is 5.32 Å². The molecule has 0 spiro atoms. The third-order valence-electron chi connectivity index (χ3n) is 4.18. The highest BCUT2D eigenvalue weighted by Gasteiger charge is 2.52. The van der Waals surface area contributed by atoms with Gasteiger partial charge in [-0.15, -0.1) is 0 Å². The molecule has 0 saturated heterocycles. The van der Waals surface area contributed by atoms with Gasteiger partial charge in [-0.2, -0.15) is 0 Å². The number of aromatic nitrogens is 1. The first kappa shape index (κ1) is 12.9. The Morgan fingerprint density at radius 3 is 2.55 bits per heavy atom. The van der Waals surface area contributed by atoms with Gasteiger partial charge >= 0.3 is 5.97 Å². The number of hydrogen-bond acceptors (Lipinski definition) is 3. The molecule has 3 rings (SSSR count). The molecular weight excluding hydrogens is 260 g/mol. The van der Waals surface area contributed by atoms with E-state index in [4.69, 9.17) is 5.11 Å². The summed E-state index contributed by atoms with van der Waals surface area (Å²) in [4.78, 5) is 38.2. The van der Waals surface area contributed by atoms with Gasteiger partial charge in [0.2, 0.25) is 0 Å². The zero-order valence-corrected chi connectivity index (χ0v) is 11.2. The number of hydrogen-bond donors (Lipinski definition) is 3. The maximum absolute atomic E-state index is 12.2. The number of carbonyl (C=O) groups excluding carboxylic acids is 2. The van der Waals surface area contributed by atoms with Crippen molar-refractivity contribution in [3.05, 3.63) is 22.5 Å². The molecule has 0 atom stereocenters. The number of rotatable bonds is 3. The zero-order valence-electron chi connectivity index (χ0n) is 11.2. The fourth-order valence-electron chi connectivity index (χ4n) is 2.80. The fraction of sp³-hybridized carbons (Fsp3) is 0.500. The largest absolute Gasteiger partial charge is 0.480 e. The first-order valence-corrected chi connectivity index (χ1v) is 6.75. The third kappa shape index (κ3) is 1.83. The molecule has 1 saturated carbocycles. The van der Waals surface area contributed by atoms with Crippen LogP contribution >= 0.6 is 0 Å². The predicted molar refractivity (Wildman–Crippen MR) is 69.9 cm³/mol. The van der Waals surface area contributed by atoms with Crippen molar-refractivity contribution in [2.45, 2.75) is 44.6 Å². The van der Waals surface area contributed by atoms with E-state index >= 15 is 0 Å². The Labute approximate surface area is 115 Å². The van der Waals surface area contributed by atoms with Gasteiger partial charge in [0.15, 0.2) is 5.78 Å². The normalized spacial score (nSPS) is 19.4. The molecule has 0 bridgehead atoms. The van der Waals surface area contributed by atoms with Crippen LogP contribution in [0.3, 0.4) is 0 Å². The van der Waals surface area contributed by atoms with Crippen molar-refractivity contribution < 1.29 is 19.5 Å². The molecule has 2 aliphatic rings. The van der Waals surface area contributed by atoms with E-state index in [0.717, 1.165) is 18.5 Å². The van der Waals surface area contributed by atoms with Crippen molar-refractivity contribution in [1.82, 2.24) is 10.3 Å². The van der Waals surface area contributed by atoms with E-state index in [9.17, 15) is 14.4 Å². The summed E-state index contributed by atoms with van der Waals surface area (Å²) in [5.41, 5.74) is 1.24. The number of aliphatic carboxylic acids is 1. The first-order chi connectivity index (χ1) is 9.44. The molecular formula is C14H16N2O4. The third-order valence-corrected chi connectivity index (χ3v) is 4.18. The summed E-state index contributed by atoms with van der Waals surface area (Å²) in [6.45, 7) is 1.73. The molecule has 106 valence electrons. The van der Waals surface area contributed by atoms with E-state index in [0.29, 0.717) is 36.1 Å². The van der Waals surface area contributed by atoms with Crippen molar-refractivity contribution >= 4 is 17.7 Å². The lowest BCUT2D eigenvalue weighted by atomic mass is 9.94. The van der Waals surface area contributed by atoms with Gasteiger partial charge in [-0.3, -0.25) is 9.59 Å². The maximum Gasteiger partial charge on any atom is 0.329 e. The summed E-state index contributed by atoms with van der Waals surface area (Å²) in [5, 5.41) is 11.7. The lowest BCUT2D eigenvalue weighted by Crippen LogP contribution is -2.43. The highest BCUT2D eigenvalue weighted by molar-refractivity contribution is 6.05. The van der Waals surface area contributed by atoms with E-state index in [1.807, 2.05) is 0 Å². The molecule has 2 aliphatic carbocycles. The number of aryl methyl sites for hydroxylation is 1. The molecule has 6 nitrogen and oxygen atoms in total. The van der Waals surface area contributed by atoms with Gasteiger partial charge in [-0.1, -0.05) is 0 Å². The van der Waals surface area contributed by atoms with E-state index in [2.05, 4.69) is 10.3 Å². The molecule has 1 fully saturated rings. The molecule has 3 N–H and O–H groups in total. The Bertz CT molecular complexity index is 625. The Balaban J connectivity index is 1.90. The van der Waals surface area contributed by atoms with Crippen molar-refractivity contribution in [1.29, 1.82) is 0 Å². The Hall–Kier alpha value is -2.11. The molecule has 1 aromatic heterocycles. The van der Waals surface area contributed by atoms with Crippen LogP contribution in [0.1, 0.15) is 57.8 Å². The first-order valence-electron chi connectivity index (χ1n) is 6.75. The van der Waals surface area contributed by atoms with Crippen LogP contribution in [-0.4, -0.2) is 33.3 Å². The number of carbonyl (C=O) groups is 3. The molecule has 0 aromatic carbocycles. The molecule has 1 amide bonds. The van der Waals surface area contributed by atoms with Crippen molar-refractivity contribution in [2.24, 2.45) is 0 Å². The molecule has 0 unspecified atom stereocenters. The van der Waals surface area contributed by atoms with Gasteiger partial charge < -0.3 is 15.4 Å². The monoisotopic (exact) mass is 276 g/mol. The average molecular weight is 276 g/mol. The highest BCUT2D eigenvalue weighted by Crippen LogP contribution is 2.36. The van der Waals surface area contributed by atoms with Crippen molar-refractivity contribution in [2.75, 3.05) is 0 Å². The van der Waals surface area contributed by atoms with Gasteiger partial charge in [-0.05, 0) is 38.2 Å². The van der Waals surface area contributed by atoms with E-state index in [1.54, 1.807) is 6.92 Å². The number of amides is 1. The van der Waals surface area contributed by atoms with Crippen LogP contribution in [0.5, 0.6) is 0 Å².